The van der Waals surface area contributed by atoms with E-state index in [9.17, 15) is 4.79 Å². The van der Waals surface area contributed by atoms with Gasteiger partial charge in [0.1, 0.15) is 5.82 Å². The van der Waals surface area contributed by atoms with E-state index in [0.29, 0.717) is 6.42 Å². The number of fused-ring (bicyclic) bond motifs is 2. The summed E-state index contributed by atoms with van der Waals surface area (Å²) in [5.74, 6) is 1.93. The first kappa shape index (κ1) is 18.5. The van der Waals surface area contributed by atoms with E-state index < -0.39 is 0 Å². The van der Waals surface area contributed by atoms with E-state index in [1.807, 2.05) is 36.7 Å². The number of carbonyl (C=O) groups is 1. The number of nitrogens with one attached hydrogen (secondary N) is 2. The van der Waals surface area contributed by atoms with Gasteiger partial charge in [0, 0.05) is 60.5 Å². The third-order valence-electron chi connectivity index (χ3n) is 5.83. The summed E-state index contributed by atoms with van der Waals surface area (Å²) in [5.41, 5.74) is 3.27. The molecule has 5 rings (SSSR count). The Balaban J connectivity index is 1.19. The Morgan fingerprint density at radius 1 is 1.17 bits per heavy atom. The molecule has 7 heteroatoms. The predicted molar refractivity (Wildman–Crippen MR) is 115 cm³/mol. The summed E-state index contributed by atoms with van der Waals surface area (Å²) in [5, 5.41) is 13.2. The molecule has 4 heterocycles. The highest BCUT2D eigenvalue weighted by atomic mass is 16.1. The summed E-state index contributed by atoms with van der Waals surface area (Å²) >= 11 is 0. The molecule has 1 atom stereocenters. The molecular formula is C23H24N6O. The number of pyridine rings is 1. The number of aromatic amines is 1. The van der Waals surface area contributed by atoms with Crippen LogP contribution in [0.4, 0.5) is 0 Å². The van der Waals surface area contributed by atoms with Crippen molar-refractivity contribution in [2.24, 2.45) is 0 Å². The number of nitrogens with zero attached hydrogens (tertiary/aromatic N) is 4. The average molecular weight is 400 g/mol. The van der Waals surface area contributed by atoms with Gasteiger partial charge in [-0.25, -0.2) is 0 Å². The molecule has 1 aliphatic heterocycles. The van der Waals surface area contributed by atoms with Gasteiger partial charge < -0.3 is 14.9 Å². The van der Waals surface area contributed by atoms with Crippen LogP contribution in [0.5, 0.6) is 0 Å². The number of rotatable bonds is 5. The number of carbonyl (C=O) groups excluding carboxylic acids is 1. The highest BCUT2D eigenvalue weighted by molar-refractivity contribution is 5.84. The van der Waals surface area contributed by atoms with Crippen LogP contribution in [0, 0.1) is 0 Å². The van der Waals surface area contributed by atoms with Gasteiger partial charge in [0.25, 0.3) is 0 Å². The Bertz CT molecular complexity index is 1160. The molecule has 2 N–H and O–H groups in total. The van der Waals surface area contributed by atoms with Gasteiger partial charge >= 0.3 is 0 Å². The van der Waals surface area contributed by atoms with Gasteiger partial charge in [-0.3, -0.25) is 9.78 Å². The highest BCUT2D eigenvalue weighted by Crippen LogP contribution is 2.22. The number of amides is 1. The Labute approximate surface area is 174 Å². The number of hydrogen-bond donors (Lipinski definition) is 2. The summed E-state index contributed by atoms with van der Waals surface area (Å²) in [6, 6.07) is 12.3. The van der Waals surface area contributed by atoms with Gasteiger partial charge in [0.05, 0.1) is 0 Å². The van der Waals surface area contributed by atoms with E-state index in [-0.39, 0.29) is 11.9 Å². The molecule has 152 valence electrons. The summed E-state index contributed by atoms with van der Waals surface area (Å²) in [6.45, 7) is 0.792. The second kappa shape index (κ2) is 8.10. The third-order valence-corrected chi connectivity index (χ3v) is 5.83. The fourth-order valence-electron chi connectivity index (χ4n) is 4.23. The van der Waals surface area contributed by atoms with Crippen LogP contribution in [0.25, 0.3) is 22.3 Å². The minimum absolute atomic E-state index is 0.107. The van der Waals surface area contributed by atoms with Crippen LogP contribution in [-0.2, 0) is 24.2 Å². The Kier molecular flexibility index (Phi) is 5.01. The maximum absolute atomic E-state index is 12.6. The van der Waals surface area contributed by atoms with Crippen LogP contribution in [0.2, 0.25) is 0 Å². The van der Waals surface area contributed by atoms with Crippen molar-refractivity contribution in [3.8, 4) is 11.4 Å². The maximum Gasteiger partial charge on any atom is 0.220 e. The summed E-state index contributed by atoms with van der Waals surface area (Å²) in [6.07, 6.45) is 9.36. The molecule has 0 radical (unpaired) electrons. The van der Waals surface area contributed by atoms with E-state index >= 15 is 0 Å². The van der Waals surface area contributed by atoms with Crippen molar-refractivity contribution < 1.29 is 4.79 Å². The van der Waals surface area contributed by atoms with Crippen molar-refractivity contribution in [2.75, 3.05) is 0 Å². The lowest BCUT2D eigenvalue weighted by Crippen LogP contribution is -2.35. The van der Waals surface area contributed by atoms with Crippen LogP contribution in [-0.4, -0.2) is 36.7 Å². The second-order valence-electron chi connectivity index (χ2n) is 7.78. The molecule has 1 amide bonds. The van der Waals surface area contributed by atoms with Gasteiger partial charge in [0.15, 0.2) is 5.82 Å². The number of benzene rings is 1. The molecule has 0 bridgehead atoms. The summed E-state index contributed by atoms with van der Waals surface area (Å²) in [4.78, 5) is 20.1. The molecule has 0 saturated heterocycles. The zero-order valence-electron chi connectivity index (χ0n) is 16.7. The Morgan fingerprint density at radius 3 is 3.00 bits per heavy atom. The van der Waals surface area contributed by atoms with E-state index in [4.69, 9.17) is 0 Å². The van der Waals surface area contributed by atoms with E-state index in [2.05, 4.69) is 42.2 Å². The standard InChI is InChI=1S/C23H24N6O/c30-22(10-7-16-15-25-20-6-2-1-5-19(16)20)26-18-8-9-21-27-28-23(29(21)13-11-18)17-4-3-12-24-14-17/h1-6,12,14-15,18,25H,7-11,13H2,(H,26,30). The van der Waals surface area contributed by atoms with Crippen LogP contribution in [0.15, 0.2) is 55.0 Å². The van der Waals surface area contributed by atoms with Crippen molar-refractivity contribution >= 4 is 16.8 Å². The maximum atomic E-state index is 12.6. The molecule has 1 unspecified atom stereocenters. The molecule has 0 spiro atoms. The van der Waals surface area contributed by atoms with Crippen LogP contribution < -0.4 is 5.32 Å². The number of hydrogen-bond acceptors (Lipinski definition) is 4. The number of aromatic nitrogens is 5. The van der Waals surface area contributed by atoms with Crippen LogP contribution >= 0.6 is 0 Å². The number of H-pyrrole nitrogens is 1. The topological polar surface area (TPSA) is 88.5 Å². The molecule has 1 aromatic carbocycles. The smallest absolute Gasteiger partial charge is 0.220 e. The van der Waals surface area contributed by atoms with Gasteiger partial charge in [0.2, 0.25) is 5.91 Å². The lowest BCUT2D eigenvalue weighted by atomic mass is 10.1. The van der Waals surface area contributed by atoms with Crippen molar-refractivity contribution in [3.05, 3.63) is 66.4 Å². The summed E-state index contributed by atoms with van der Waals surface area (Å²) in [7, 11) is 0. The first-order chi connectivity index (χ1) is 14.8. The van der Waals surface area contributed by atoms with Gasteiger partial charge in [-0.15, -0.1) is 10.2 Å². The SMILES string of the molecule is O=C(CCc1c[nH]c2ccccc12)NC1CCc2nnc(-c3cccnc3)n2CC1. The van der Waals surface area contributed by atoms with Crippen LogP contribution in [0.3, 0.4) is 0 Å². The highest BCUT2D eigenvalue weighted by Gasteiger charge is 2.22. The van der Waals surface area contributed by atoms with E-state index in [0.717, 1.165) is 55.0 Å². The fraction of sp³-hybridized carbons (Fsp3) is 0.304. The molecule has 0 saturated carbocycles. The minimum Gasteiger partial charge on any atom is -0.361 e. The molecule has 0 fully saturated rings. The molecule has 0 aliphatic carbocycles. The van der Waals surface area contributed by atoms with Gasteiger partial charge in [-0.2, -0.15) is 0 Å². The summed E-state index contributed by atoms with van der Waals surface area (Å²) < 4.78 is 2.16. The van der Waals surface area contributed by atoms with Crippen molar-refractivity contribution in [1.82, 2.24) is 30.0 Å². The minimum atomic E-state index is 0.107. The second-order valence-corrected chi connectivity index (χ2v) is 7.78. The molecule has 4 aromatic rings. The predicted octanol–water partition coefficient (Wildman–Crippen LogP) is 3.28. The fourth-order valence-corrected chi connectivity index (χ4v) is 4.23. The molecule has 1 aliphatic rings. The van der Waals surface area contributed by atoms with Crippen molar-refractivity contribution in [1.29, 1.82) is 0 Å². The Hall–Kier alpha value is -3.48. The molecule has 3 aromatic heterocycles. The molecular weight excluding hydrogens is 376 g/mol. The monoisotopic (exact) mass is 400 g/mol. The quantitative estimate of drug-likeness (QED) is 0.538. The lowest BCUT2D eigenvalue weighted by Gasteiger charge is -2.16. The van der Waals surface area contributed by atoms with Crippen molar-refractivity contribution in [3.63, 3.8) is 0 Å². The van der Waals surface area contributed by atoms with Gasteiger partial charge in [-0.1, -0.05) is 18.2 Å². The molecule has 7 nitrogen and oxygen atoms in total. The lowest BCUT2D eigenvalue weighted by molar-refractivity contribution is -0.121. The largest absolute Gasteiger partial charge is 0.361 e. The number of para-hydroxylation sites is 1. The first-order valence-corrected chi connectivity index (χ1v) is 10.4. The average Bonchev–Trinajstić information content (AvgIpc) is 3.33. The normalized spacial score (nSPS) is 16.2. The zero-order chi connectivity index (χ0) is 20.3. The van der Waals surface area contributed by atoms with E-state index in [1.165, 1.54) is 10.9 Å². The third kappa shape index (κ3) is 3.70. The van der Waals surface area contributed by atoms with Gasteiger partial charge in [-0.05, 0) is 43.0 Å². The first-order valence-electron chi connectivity index (χ1n) is 10.4. The number of aryl methyl sites for hydroxylation is 2. The van der Waals surface area contributed by atoms with Crippen LogP contribution in [0.1, 0.15) is 30.7 Å². The molecule has 30 heavy (non-hydrogen) atoms. The van der Waals surface area contributed by atoms with Crippen molar-refractivity contribution in [2.45, 2.75) is 44.7 Å². The zero-order valence-corrected chi connectivity index (χ0v) is 16.7. The van der Waals surface area contributed by atoms with E-state index in [1.54, 1.807) is 6.20 Å². The Morgan fingerprint density at radius 2 is 2.10 bits per heavy atom.